The molecule has 28 heavy (non-hydrogen) atoms. The van der Waals surface area contributed by atoms with Crippen molar-refractivity contribution in [3.05, 3.63) is 58.6 Å². The number of pyridine rings is 1. The molecule has 0 saturated carbocycles. The minimum atomic E-state index is -0.378. The van der Waals surface area contributed by atoms with Gasteiger partial charge in [-0.2, -0.15) is 0 Å². The van der Waals surface area contributed by atoms with Gasteiger partial charge < -0.3 is 14.8 Å². The zero-order valence-corrected chi connectivity index (χ0v) is 17.5. The van der Waals surface area contributed by atoms with Gasteiger partial charge in [0.2, 0.25) is 0 Å². The van der Waals surface area contributed by atoms with Crippen molar-refractivity contribution >= 4 is 16.6 Å². The normalized spacial score (nSPS) is 15.8. The van der Waals surface area contributed by atoms with Crippen LogP contribution in [0, 0.1) is 0 Å². The molecule has 1 aliphatic rings. The van der Waals surface area contributed by atoms with Crippen LogP contribution in [0.25, 0.3) is 16.6 Å². The molecule has 2 aromatic rings. The Morgan fingerprint density at radius 3 is 2.64 bits per heavy atom. The number of hydrogen-bond donors (Lipinski definition) is 1. The number of aromatic nitrogens is 1. The minimum absolute atomic E-state index is 0.113. The highest BCUT2D eigenvalue weighted by Gasteiger charge is 2.30. The largest absolute Gasteiger partial charge is 0.496 e. The van der Waals surface area contributed by atoms with Gasteiger partial charge in [0.15, 0.2) is 0 Å². The molecule has 1 aromatic heterocycles. The number of ether oxygens (including phenoxy) is 2. The summed E-state index contributed by atoms with van der Waals surface area (Å²) in [5, 5.41) is 4.26. The van der Waals surface area contributed by atoms with E-state index < -0.39 is 0 Å². The molecule has 1 atom stereocenters. The molecule has 0 radical (unpaired) electrons. The van der Waals surface area contributed by atoms with Crippen molar-refractivity contribution in [3.8, 4) is 5.75 Å². The summed E-state index contributed by atoms with van der Waals surface area (Å²) >= 11 is 0. The van der Waals surface area contributed by atoms with Crippen LogP contribution in [0.4, 0.5) is 0 Å². The van der Waals surface area contributed by atoms with E-state index in [1.54, 1.807) is 4.57 Å². The van der Waals surface area contributed by atoms with Gasteiger partial charge in [0.25, 0.3) is 5.56 Å². The van der Waals surface area contributed by atoms with Crippen molar-refractivity contribution in [2.24, 2.45) is 0 Å². The van der Waals surface area contributed by atoms with E-state index in [2.05, 4.69) is 31.5 Å². The number of rotatable bonds is 6. The van der Waals surface area contributed by atoms with Crippen LogP contribution in [-0.2, 0) is 11.2 Å². The Labute approximate surface area is 166 Å². The van der Waals surface area contributed by atoms with E-state index in [1.165, 1.54) is 0 Å². The number of nitrogens with one attached hydrogen (secondary N) is 1. The molecule has 0 fully saturated rings. The fourth-order valence-corrected chi connectivity index (χ4v) is 3.67. The second kappa shape index (κ2) is 7.38. The second-order valence-electron chi connectivity index (χ2n) is 8.16. The van der Waals surface area contributed by atoms with Crippen LogP contribution in [0.2, 0.25) is 0 Å². The summed E-state index contributed by atoms with van der Waals surface area (Å²) in [6.45, 7) is 19.1. The minimum Gasteiger partial charge on any atom is -0.496 e. The number of benzene rings is 1. The summed E-state index contributed by atoms with van der Waals surface area (Å²) in [6, 6.07) is 5.62. The van der Waals surface area contributed by atoms with Crippen LogP contribution in [-0.4, -0.2) is 23.3 Å². The zero-order valence-electron chi connectivity index (χ0n) is 17.5. The Balaban J connectivity index is 2.29. The Bertz CT molecular complexity index is 996. The van der Waals surface area contributed by atoms with Gasteiger partial charge in [0, 0.05) is 16.6 Å². The molecule has 1 N–H and O–H groups in total. The van der Waals surface area contributed by atoms with E-state index in [9.17, 15) is 4.79 Å². The lowest BCUT2D eigenvalue weighted by atomic mass is 10.0. The Morgan fingerprint density at radius 2 is 2.04 bits per heavy atom. The first kappa shape index (κ1) is 20.1. The average Bonchev–Trinajstić information content (AvgIpc) is 2.62. The van der Waals surface area contributed by atoms with Crippen LogP contribution < -0.4 is 15.6 Å². The van der Waals surface area contributed by atoms with Crippen molar-refractivity contribution in [3.63, 3.8) is 0 Å². The van der Waals surface area contributed by atoms with E-state index in [4.69, 9.17) is 9.47 Å². The van der Waals surface area contributed by atoms with Gasteiger partial charge in [-0.15, -0.1) is 0 Å². The van der Waals surface area contributed by atoms with Gasteiger partial charge in [-0.3, -0.25) is 9.36 Å². The molecule has 0 aliphatic carbocycles. The third kappa shape index (κ3) is 3.53. The van der Waals surface area contributed by atoms with Crippen LogP contribution in [0.3, 0.4) is 0 Å². The van der Waals surface area contributed by atoms with Gasteiger partial charge in [-0.25, -0.2) is 0 Å². The summed E-state index contributed by atoms with van der Waals surface area (Å²) in [5.41, 5.74) is 2.73. The molecular formula is C23H30N2O3. The number of nitrogens with zero attached hydrogens (tertiary/aromatic N) is 1. The first-order valence-electron chi connectivity index (χ1n) is 9.80. The standard InChI is InChI=1S/C23H30N2O3/c1-8-16-10-11-17-12-18(14(3)24-23(5,6)7)22(26)25-19(15(4)27-9-2)13-28-21(16)20(17)25/h10-12,19,24H,3-4,8-9,13H2,1-2,5-7H3. The summed E-state index contributed by atoms with van der Waals surface area (Å²) in [4.78, 5) is 13.6. The maximum atomic E-state index is 13.6. The lowest BCUT2D eigenvalue weighted by Gasteiger charge is -2.31. The van der Waals surface area contributed by atoms with Crippen LogP contribution in [0.15, 0.2) is 41.9 Å². The first-order valence-corrected chi connectivity index (χ1v) is 9.80. The smallest absolute Gasteiger partial charge is 0.261 e. The van der Waals surface area contributed by atoms with Crippen molar-refractivity contribution < 1.29 is 9.47 Å². The highest BCUT2D eigenvalue weighted by atomic mass is 16.5. The predicted molar refractivity (Wildman–Crippen MR) is 115 cm³/mol. The molecule has 150 valence electrons. The van der Waals surface area contributed by atoms with Crippen LogP contribution >= 0.6 is 0 Å². The van der Waals surface area contributed by atoms with Crippen molar-refractivity contribution in [2.45, 2.75) is 52.6 Å². The Morgan fingerprint density at radius 1 is 1.32 bits per heavy atom. The van der Waals surface area contributed by atoms with E-state index in [-0.39, 0.29) is 17.1 Å². The molecule has 0 bridgehead atoms. The second-order valence-corrected chi connectivity index (χ2v) is 8.16. The first-order chi connectivity index (χ1) is 13.2. The molecule has 5 heteroatoms. The third-order valence-electron chi connectivity index (χ3n) is 4.86. The van der Waals surface area contributed by atoms with Crippen LogP contribution in [0.1, 0.15) is 51.8 Å². The van der Waals surface area contributed by atoms with Gasteiger partial charge in [0.1, 0.15) is 24.2 Å². The van der Waals surface area contributed by atoms with Crippen molar-refractivity contribution in [1.82, 2.24) is 9.88 Å². The monoisotopic (exact) mass is 382 g/mol. The maximum Gasteiger partial charge on any atom is 0.261 e. The number of aryl methyl sites for hydroxylation is 1. The molecule has 2 heterocycles. The highest BCUT2D eigenvalue weighted by Crippen LogP contribution is 2.37. The summed E-state index contributed by atoms with van der Waals surface area (Å²) < 4.78 is 13.5. The molecule has 0 amide bonds. The molecule has 1 aromatic carbocycles. The molecule has 3 rings (SSSR count). The number of hydrogen-bond acceptors (Lipinski definition) is 4. The lowest BCUT2D eigenvalue weighted by Crippen LogP contribution is -2.39. The predicted octanol–water partition coefficient (Wildman–Crippen LogP) is 4.41. The van der Waals surface area contributed by atoms with E-state index in [0.717, 1.165) is 28.6 Å². The molecule has 1 aliphatic heterocycles. The molecule has 5 nitrogen and oxygen atoms in total. The summed E-state index contributed by atoms with van der Waals surface area (Å²) in [5.74, 6) is 1.31. The summed E-state index contributed by atoms with van der Waals surface area (Å²) in [6.07, 6.45) is 0.830. The van der Waals surface area contributed by atoms with Gasteiger partial charge in [-0.05, 0) is 45.7 Å². The van der Waals surface area contributed by atoms with E-state index in [0.29, 0.717) is 30.2 Å². The zero-order chi connectivity index (χ0) is 20.6. The molecule has 0 spiro atoms. The van der Waals surface area contributed by atoms with E-state index in [1.807, 2.05) is 39.8 Å². The maximum absolute atomic E-state index is 13.6. The van der Waals surface area contributed by atoms with Crippen LogP contribution in [0.5, 0.6) is 5.75 Å². The third-order valence-corrected chi connectivity index (χ3v) is 4.86. The highest BCUT2D eigenvalue weighted by molar-refractivity contribution is 5.89. The van der Waals surface area contributed by atoms with Gasteiger partial charge in [-0.1, -0.05) is 32.2 Å². The fraction of sp³-hybridized carbons (Fsp3) is 0.435. The van der Waals surface area contributed by atoms with Gasteiger partial charge >= 0.3 is 0 Å². The topological polar surface area (TPSA) is 52.5 Å². The van der Waals surface area contributed by atoms with E-state index >= 15 is 0 Å². The molecule has 1 unspecified atom stereocenters. The van der Waals surface area contributed by atoms with Gasteiger partial charge in [0.05, 0.1) is 17.7 Å². The molecular weight excluding hydrogens is 352 g/mol. The summed E-state index contributed by atoms with van der Waals surface area (Å²) in [7, 11) is 0. The fourth-order valence-electron chi connectivity index (χ4n) is 3.67. The molecule has 0 saturated heterocycles. The van der Waals surface area contributed by atoms with Crippen molar-refractivity contribution in [2.75, 3.05) is 13.2 Å². The quantitative estimate of drug-likeness (QED) is 0.752. The SMILES string of the molecule is C=C(NC(C)(C)C)c1cc2ccc(CC)c3c2n(c1=O)C(C(=C)OCC)CO3. The Hall–Kier alpha value is -2.69. The Kier molecular flexibility index (Phi) is 5.28. The lowest BCUT2D eigenvalue weighted by molar-refractivity contribution is 0.154. The average molecular weight is 383 g/mol. The van der Waals surface area contributed by atoms with Crippen molar-refractivity contribution in [1.29, 1.82) is 0 Å².